The first kappa shape index (κ1) is 22.7. The summed E-state index contributed by atoms with van der Waals surface area (Å²) in [5.74, 6) is -4.85. The minimum atomic E-state index is -4.68. The number of ether oxygens (including phenoxy) is 2. The number of hydrogen-bond donors (Lipinski definition) is 0. The van der Waals surface area contributed by atoms with Gasteiger partial charge in [0.2, 0.25) is 5.76 Å². The molecule has 31 heavy (non-hydrogen) atoms. The first-order valence-corrected chi connectivity index (χ1v) is 10.8. The molecule has 2 aromatic carbocycles. The number of hydrogen-bond acceptors (Lipinski definition) is 5. The van der Waals surface area contributed by atoms with Crippen LogP contribution in [0.5, 0.6) is 5.75 Å². The third-order valence-corrected chi connectivity index (χ3v) is 5.08. The number of sulfone groups is 1. The van der Waals surface area contributed by atoms with Gasteiger partial charge in [-0.25, -0.2) is 22.0 Å². The Bertz CT molecular complexity index is 1140. The number of esters is 1. The van der Waals surface area contributed by atoms with Crippen molar-refractivity contribution in [3.63, 3.8) is 0 Å². The van der Waals surface area contributed by atoms with Gasteiger partial charge in [0.25, 0.3) is 0 Å². The Hall–Kier alpha value is -2.95. The monoisotopic (exact) mass is 462 g/mol. The van der Waals surface area contributed by atoms with E-state index in [9.17, 15) is 35.2 Å². The Morgan fingerprint density at radius 1 is 1.03 bits per heavy atom. The number of benzene rings is 2. The molecule has 0 aliphatic carbocycles. The van der Waals surface area contributed by atoms with E-state index in [0.29, 0.717) is 11.6 Å². The number of rotatable bonds is 6. The number of halogens is 5. The number of carbonyl (C=O) groups excluding carboxylic acids is 1. The summed E-state index contributed by atoms with van der Waals surface area (Å²) in [5, 5.41) is 0. The highest BCUT2D eigenvalue weighted by Gasteiger charge is 2.43. The average Bonchev–Trinajstić information content (AvgIpc) is 2.91. The Kier molecular flexibility index (Phi) is 6.08. The second-order valence-electron chi connectivity index (χ2n) is 6.90. The van der Waals surface area contributed by atoms with Gasteiger partial charge in [0.1, 0.15) is 11.9 Å². The second kappa shape index (κ2) is 8.29. The minimum Gasteiger partial charge on any atom is -0.451 e. The summed E-state index contributed by atoms with van der Waals surface area (Å²) in [5.41, 5.74) is 0.264. The van der Waals surface area contributed by atoms with Crippen molar-refractivity contribution in [2.45, 2.75) is 24.5 Å². The third-order valence-electron chi connectivity index (χ3n) is 4.22. The van der Waals surface area contributed by atoms with Gasteiger partial charge >= 0.3 is 12.1 Å². The van der Waals surface area contributed by atoms with Crippen LogP contribution in [0.25, 0.3) is 5.57 Å². The normalized spacial score (nSPS) is 17.1. The van der Waals surface area contributed by atoms with Gasteiger partial charge in [-0.1, -0.05) is 24.3 Å². The van der Waals surface area contributed by atoms with Gasteiger partial charge in [0, 0.05) is 12.3 Å². The van der Waals surface area contributed by atoms with Crippen LogP contribution >= 0.6 is 0 Å². The van der Waals surface area contributed by atoms with Gasteiger partial charge in [-0.2, -0.15) is 13.2 Å². The van der Waals surface area contributed by atoms with Crippen molar-refractivity contribution in [3.05, 3.63) is 71.0 Å². The van der Waals surface area contributed by atoms with Gasteiger partial charge in [-0.05, 0) is 23.3 Å². The lowest BCUT2D eigenvalue weighted by molar-refractivity contribution is -0.161. The van der Waals surface area contributed by atoms with E-state index in [2.05, 4.69) is 0 Å². The fourth-order valence-electron chi connectivity index (χ4n) is 3.01. The zero-order valence-electron chi connectivity index (χ0n) is 15.9. The summed E-state index contributed by atoms with van der Waals surface area (Å²) < 4.78 is 98.6. The topological polar surface area (TPSA) is 69.7 Å². The summed E-state index contributed by atoms with van der Waals surface area (Å²) in [6.07, 6.45) is -6.87. The maximum absolute atomic E-state index is 13.5. The molecule has 0 radical (unpaired) electrons. The van der Waals surface area contributed by atoms with Crippen molar-refractivity contribution >= 4 is 21.4 Å². The molecule has 0 aromatic heterocycles. The van der Waals surface area contributed by atoms with Crippen LogP contribution in [0.15, 0.2) is 48.2 Å². The second-order valence-corrected chi connectivity index (χ2v) is 9.04. The fraction of sp³-hybridized carbons (Fsp3) is 0.250. The van der Waals surface area contributed by atoms with Gasteiger partial charge in [-0.15, -0.1) is 0 Å². The number of cyclic esters (lactones) is 1. The number of carbonyl (C=O) groups is 1. The highest BCUT2D eigenvalue weighted by atomic mass is 32.2. The summed E-state index contributed by atoms with van der Waals surface area (Å²) in [4.78, 5) is 12.2. The van der Waals surface area contributed by atoms with Crippen molar-refractivity contribution in [3.8, 4) is 5.75 Å². The Morgan fingerprint density at radius 3 is 2.23 bits per heavy atom. The summed E-state index contributed by atoms with van der Waals surface area (Å²) in [7, 11) is -3.34. The highest BCUT2D eigenvalue weighted by molar-refractivity contribution is 7.89. The molecule has 0 spiro atoms. The smallest absolute Gasteiger partial charge is 0.392 e. The van der Waals surface area contributed by atoms with Crippen molar-refractivity contribution in [1.82, 2.24) is 0 Å². The molecule has 1 heterocycles. The van der Waals surface area contributed by atoms with Crippen LogP contribution in [0.2, 0.25) is 0 Å². The zero-order valence-corrected chi connectivity index (χ0v) is 16.7. The fourth-order valence-corrected chi connectivity index (χ4v) is 3.80. The molecule has 0 bridgehead atoms. The lowest BCUT2D eigenvalue weighted by Gasteiger charge is -2.16. The largest absolute Gasteiger partial charge is 0.451 e. The quantitative estimate of drug-likeness (QED) is 0.476. The molecular weight excluding hydrogens is 447 g/mol. The molecule has 0 amide bonds. The van der Waals surface area contributed by atoms with Crippen LogP contribution in [-0.2, 0) is 25.1 Å². The van der Waals surface area contributed by atoms with Gasteiger partial charge < -0.3 is 9.47 Å². The van der Waals surface area contributed by atoms with E-state index in [1.807, 2.05) is 0 Å². The van der Waals surface area contributed by atoms with Crippen molar-refractivity contribution in [1.29, 1.82) is 0 Å². The molecule has 0 fully saturated rings. The van der Waals surface area contributed by atoms with E-state index in [1.54, 1.807) is 0 Å². The van der Waals surface area contributed by atoms with E-state index < -0.39 is 51.9 Å². The summed E-state index contributed by atoms with van der Waals surface area (Å²) in [6, 6.07) is 7.80. The SMILES string of the molecule is CS(=O)(=O)Cc1ccc(C2=C(Oc3ccc(F)c(F)c3)C(=O)O[C@@H]2CC(F)(F)F)cc1. The van der Waals surface area contributed by atoms with Crippen LogP contribution in [-0.4, -0.2) is 32.9 Å². The highest BCUT2D eigenvalue weighted by Crippen LogP contribution is 2.39. The lowest BCUT2D eigenvalue weighted by Crippen LogP contribution is -2.21. The summed E-state index contributed by atoms with van der Waals surface area (Å²) in [6.45, 7) is 0. The standard InChI is InChI=1S/C20H15F5O5S/c1-31(27,28)10-11-2-4-12(5-3-11)17-16(9-20(23,24)25)30-19(26)18(17)29-13-6-7-14(21)15(22)8-13/h2-8,16H,9-10H2,1H3/t16-/m1/s1. The molecule has 5 nitrogen and oxygen atoms in total. The van der Waals surface area contributed by atoms with Crippen LogP contribution in [0.4, 0.5) is 22.0 Å². The minimum absolute atomic E-state index is 0.120. The predicted octanol–water partition coefficient (Wildman–Crippen LogP) is 4.18. The van der Waals surface area contributed by atoms with Crippen LogP contribution in [0.1, 0.15) is 17.5 Å². The lowest BCUT2D eigenvalue weighted by atomic mass is 9.97. The van der Waals surface area contributed by atoms with E-state index in [1.165, 1.54) is 24.3 Å². The molecular formula is C20H15F5O5S. The van der Waals surface area contributed by atoms with Gasteiger partial charge in [-0.3, -0.25) is 0 Å². The third kappa shape index (κ3) is 5.81. The molecule has 1 aliphatic heterocycles. The Morgan fingerprint density at radius 2 is 1.68 bits per heavy atom. The maximum Gasteiger partial charge on any atom is 0.392 e. The van der Waals surface area contributed by atoms with Crippen molar-refractivity contribution in [2.24, 2.45) is 0 Å². The van der Waals surface area contributed by atoms with E-state index in [-0.39, 0.29) is 22.6 Å². The molecule has 1 aliphatic rings. The molecule has 3 rings (SSSR count). The molecule has 0 saturated heterocycles. The van der Waals surface area contributed by atoms with Crippen LogP contribution < -0.4 is 4.74 Å². The molecule has 0 N–H and O–H groups in total. The molecule has 2 aromatic rings. The van der Waals surface area contributed by atoms with Gasteiger partial charge in [0.15, 0.2) is 21.5 Å². The van der Waals surface area contributed by atoms with Crippen LogP contribution in [0, 0.1) is 11.6 Å². The van der Waals surface area contributed by atoms with Gasteiger partial charge in [0.05, 0.1) is 17.7 Å². The van der Waals surface area contributed by atoms with Crippen molar-refractivity contribution in [2.75, 3.05) is 6.26 Å². The van der Waals surface area contributed by atoms with E-state index >= 15 is 0 Å². The van der Waals surface area contributed by atoms with Crippen molar-refractivity contribution < 1.29 is 44.6 Å². The molecule has 166 valence electrons. The molecule has 0 saturated carbocycles. The Balaban J connectivity index is 2.04. The zero-order chi connectivity index (χ0) is 23.0. The number of alkyl halides is 3. The van der Waals surface area contributed by atoms with E-state index in [4.69, 9.17) is 9.47 Å². The Labute approximate surface area is 174 Å². The first-order valence-electron chi connectivity index (χ1n) is 8.74. The molecule has 1 atom stereocenters. The molecule has 11 heteroatoms. The first-order chi connectivity index (χ1) is 14.3. The predicted molar refractivity (Wildman–Crippen MR) is 99.4 cm³/mol. The molecule has 0 unspecified atom stereocenters. The van der Waals surface area contributed by atoms with Crippen LogP contribution in [0.3, 0.4) is 0 Å². The average molecular weight is 462 g/mol. The maximum atomic E-state index is 13.5. The van der Waals surface area contributed by atoms with E-state index in [0.717, 1.165) is 18.4 Å². The summed E-state index contributed by atoms with van der Waals surface area (Å²) >= 11 is 0.